The molecule has 3 aromatic rings. The van der Waals surface area contributed by atoms with E-state index in [-0.39, 0.29) is 24.4 Å². The van der Waals surface area contributed by atoms with Crippen molar-refractivity contribution in [1.29, 1.82) is 0 Å². The van der Waals surface area contributed by atoms with E-state index >= 15 is 0 Å². The average molecular weight is 615 g/mol. The number of halogens is 2. The highest BCUT2D eigenvalue weighted by atomic mass is 79.9. The second kappa shape index (κ2) is 14.7. The van der Waals surface area contributed by atoms with Gasteiger partial charge in [-0.15, -0.1) is 0 Å². The van der Waals surface area contributed by atoms with Crippen LogP contribution in [0.2, 0.25) is 5.02 Å². The zero-order valence-electron chi connectivity index (χ0n) is 22.5. The zero-order chi connectivity index (χ0) is 27.6. The molecule has 2 aromatic carbocycles. The Labute approximate surface area is 245 Å². The van der Waals surface area contributed by atoms with Crippen LogP contribution in [0.5, 0.6) is 0 Å². The summed E-state index contributed by atoms with van der Waals surface area (Å²) in [5.41, 5.74) is 2.69. The molecule has 0 aliphatic heterocycles. The van der Waals surface area contributed by atoms with E-state index in [4.69, 9.17) is 16.3 Å². The summed E-state index contributed by atoms with van der Waals surface area (Å²) in [5, 5.41) is 0.390. The summed E-state index contributed by atoms with van der Waals surface area (Å²) >= 11 is 9.87. The van der Waals surface area contributed by atoms with Gasteiger partial charge in [-0.25, -0.2) is 0 Å². The Balaban J connectivity index is 1.55. The van der Waals surface area contributed by atoms with Crippen LogP contribution in [0.4, 0.5) is 0 Å². The van der Waals surface area contributed by atoms with E-state index < -0.39 is 0 Å². The molecule has 1 aromatic heterocycles. The number of ether oxygens (including phenoxy) is 1. The highest BCUT2D eigenvalue weighted by Gasteiger charge is 2.29. The third-order valence-corrected chi connectivity index (χ3v) is 8.21. The van der Waals surface area contributed by atoms with E-state index in [0.29, 0.717) is 36.7 Å². The molecule has 2 amide bonds. The minimum Gasteiger partial charge on any atom is -0.385 e. The molecule has 0 bridgehead atoms. The van der Waals surface area contributed by atoms with Crippen LogP contribution >= 0.6 is 27.5 Å². The third-order valence-electron chi connectivity index (χ3n) is 7.35. The van der Waals surface area contributed by atoms with Gasteiger partial charge in [0.15, 0.2) is 0 Å². The largest absolute Gasteiger partial charge is 0.385 e. The van der Waals surface area contributed by atoms with E-state index in [1.165, 1.54) is 12.0 Å². The summed E-state index contributed by atoms with van der Waals surface area (Å²) in [4.78, 5) is 31.1. The van der Waals surface area contributed by atoms with Gasteiger partial charge in [0.1, 0.15) is 6.54 Å². The van der Waals surface area contributed by atoms with Crippen molar-refractivity contribution in [2.24, 2.45) is 0 Å². The Kier molecular flexibility index (Phi) is 11.1. The first-order valence-corrected chi connectivity index (χ1v) is 14.8. The number of carbonyl (C=O) groups excluding carboxylic acids is 2. The van der Waals surface area contributed by atoms with E-state index in [2.05, 4.69) is 44.9 Å². The van der Waals surface area contributed by atoms with E-state index in [1.807, 2.05) is 23.1 Å². The summed E-state index contributed by atoms with van der Waals surface area (Å²) in [7, 11) is 1.64. The molecule has 0 atom stereocenters. The monoisotopic (exact) mass is 613 g/mol. The lowest BCUT2D eigenvalue weighted by molar-refractivity contribution is -0.135. The molecule has 6 nitrogen and oxygen atoms in total. The molecule has 1 aliphatic carbocycles. The zero-order valence-corrected chi connectivity index (χ0v) is 24.9. The molecule has 0 spiro atoms. The van der Waals surface area contributed by atoms with Crippen LogP contribution in [0, 0.1) is 0 Å². The maximum absolute atomic E-state index is 14.0. The van der Waals surface area contributed by atoms with Crippen molar-refractivity contribution in [1.82, 2.24) is 14.4 Å². The summed E-state index contributed by atoms with van der Waals surface area (Å²) in [6.45, 7) is 2.19. The van der Waals surface area contributed by atoms with Crippen LogP contribution in [0.1, 0.15) is 60.1 Å². The molecule has 208 valence electrons. The minimum atomic E-state index is -0.229. The fraction of sp³-hybridized carbons (Fsp3) is 0.419. The van der Waals surface area contributed by atoms with Gasteiger partial charge in [-0.3, -0.25) is 9.59 Å². The highest BCUT2D eigenvalue weighted by molar-refractivity contribution is 9.10. The quantitative estimate of drug-likeness (QED) is 0.211. The third kappa shape index (κ3) is 8.19. The van der Waals surface area contributed by atoms with Crippen LogP contribution in [0.15, 0.2) is 71.3 Å². The lowest BCUT2D eigenvalue weighted by Gasteiger charge is -2.36. The topological polar surface area (TPSA) is 54.8 Å². The van der Waals surface area contributed by atoms with Crippen LogP contribution in [-0.2, 0) is 22.6 Å². The maximum atomic E-state index is 14.0. The predicted octanol–water partition coefficient (Wildman–Crippen LogP) is 6.79. The number of benzene rings is 2. The molecule has 39 heavy (non-hydrogen) atoms. The van der Waals surface area contributed by atoms with Crippen molar-refractivity contribution >= 4 is 39.3 Å². The Hall–Kier alpha value is -2.61. The number of aromatic nitrogens is 1. The summed E-state index contributed by atoms with van der Waals surface area (Å²) in [6.07, 6.45) is 8.11. The number of nitrogens with zero attached hydrogens (tertiary/aromatic N) is 3. The van der Waals surface area contributed by atoms with Gasteiger partial charge in [0.2, 0.25) is 5.91 Å². The standard InChI is InChI=1S/C31H37BrClN3O3/c1-39-20-8-19-35(31(38)28-12-5-6-13-29(28)33)23-30(37)36(26-9-3-2-4-10-26)22-27-11-7-18-34(27)21-24-14-16-25(32)17-15-24/h5-7,11-18,26H,2-4,8-10,19-23H2,1H3. The van der Waals surface area contributed by atoms with Crippen molar-refractivity contribution in [3.63, 3.8) is 0 Å². The molecule has 0 radical (unpaired) electrons. The second-order valence-electron chi connectivity index (χ2n) is 10.1. The Morgan fingerprint density at radius 3 is 2.49 bits per heavy atom. The van der Waals surface area contributed by atoms with Crippen molar-refractivity contribution < 1.29 is 14.3 Å². The van der Waals surface area contributed by atoms with Crippen LogP contribution < -0.4 is 0 Å². The predicted molar refractivity (Wildman–Crippen MR) is 159 cm³/mol. The van der Waals surface area contributed by atoms with Gasteiger partial charge in [0.05, 0.1) is 17.1 Å². The van der Waals surface area contributed by atoms with Gasteiger partial charge >= 0.3 is 0 Å². The van der Waals surface area contributed by atoms with Crippen LogP contribution in [-0.4, -0.2) is 59.0 Å². The van der Waals surface area contributed by atoms with Crippen LogP contribution in [0.25, 0.3) is 0 Å². The van der Waals surface area contributed by atoms with Gasteiger partial charge < -0.3 is 19.1 Å². The molecule has 0 unspecified atom stereocenters. The number of carbonyl (C=O) groups is 2. The molecule has 8 heteroatoms. The summed E-state index contributed by atoms with van der Waals surface area (Å²) in [6, 6.07) is 19.6. The number of hydrogen-bond acceptors (Lipinski definition) is 3. The van der Waals surface area contributed by atoms with Gasteiger partial charge in [-0.1, -0.05) is 71.1 Å². The minimum absolute atomic E-state index is 0.0116. The van der Waals surface area contributed by atoms with Crippen molar-refractivity contribution in [2.75, 3.05) is 26.8 Å². The first-order valence-electron chi connectivity index (χ1n) is 13.7. The summed E-state index contributed by atoms with van der Waals surface area (Å²) in [5.74, 6) is -0.261. The van der Waals surface area contributed by atoms with Gasteiger partial charge in [-0.05, 0) is 61.2 Å². The van der Waals surface area contributed by atoms with E-state index in [9.17, 15) is 9.59 Å². The second-order valence-corrected chi connectivity index (χ2v) is 11.4. The van der Waals surface area contributed by atoms with Crippen LogP contribution in [0.3, 0.4) is 0 Å². The molecule has 1 saturated carbocycles. The molecule has 0 saturated heterocycles. The molecule has 4 rings (SSSR count). The first kappa shape index (κ1) is 29.4. The molecule has 1 aliphatic rings. The molecule has 1 heterocycles. The van der Waals surface area contributed by atoms with Gasteiger partial charge in [0, 0.05) is 49.2 Å². The average Bonchev–Trinajstić information content (AvgIpc) is 3.39. The smallest absolute Gasteiger partial charge is 0.255 e. The molecule has 1 fully saturated rings. The Morgan fingerprint density at radius 2 is 1.77 bits per heavy atom. The van der Waals surface area contributed by atoms with Gasteiger partial charge in [0.25, 0.3) is 5.91 Å². The van der Waals surface area contributed by atoms with E-state index in [0.717, 1.165) is 42.4 Å². The number of hydrogen-bond donors (Lipinski definition) is 0. The van der Waals surface area contributed by atoms with Gasteiger partial charge in [-0.2, -0.15) is 0 Å². The number of rotatable bonds is 12. The number of amides is 2. The maximum Gasteiger partial charge on any atom is 0.255 e. The Morgan fingerprint density at radius 1 is 1.03 bits per heavy atom. The number of methoxy groups -OCH3 is 1. The highest BCUT2D eigenvalue weighted by Crippen LogP contribution is 2.26. The summed E-state index contributed by atoms with van der Waals surface area (Å²) < 4.78 is 8.48. The fourth-order valence-electron chi connectivity index (χ4n) is 5.23. The fourth-order valence-corrected chi connectivity index (χ4v) is 5.71. The van der Waals surface area contributed by atoms with E-state index in [1.54, 1.807) is 36.3 Å². The molecular weight excluding hydrogens is 578 g/mol. The van der Waals surface area contributed by atoms with Crippen molar-refractivity contribution in [2.45, 2.75) is 57.7 Å². The van der Waals surface area contributed by atoms with Crippen molar-refractivity contribution in [3.8, 4) is 0 Å². The normalized spacial score (nSPS) is 13.8. The Bertz CT molecular complexity index is 1220. The lowest BCUT2D eigenvalue weighted by atomic mass is 9.94. The SMILES string of the molecule is COCCCN(CC(=O)N(Cc1cccn1Cc1ccc(Br)cc1)C1CCCCC1)C(=O)c1ccccc1Cl. The van der Waals surface area contributed by atoms with Crippen molar-refractivity contribution in [3.05, 3.63) is 93.2 Å². The first-order chi connectivity index (χ1) is 19.0. The molecule has 0 N–H and O–H groups in total. The lowest BCUT2D eigenvalue weighted by Crippen LogP contribution is -2.48. The molecular formula is C31H37BrClN3O3.